The third-order valence-electron chi connectivity index (χ3n) is 5.80. The van der Waals surface area contributed by atoms with Crippen molar-refractivity contribution in [3.63, 3.8) is 0 Å². The number of hydrogen-bond donors (Lipinski definition) is 0. The van der Waals surface area contributed by atoms with Crippen molar-refractivity contribution in [2.45, 2.75) is 38.8 Å². The number of oxazole rings is 1. The second-order valence-corrected chi connectivity index (χ2v) is 7.61. The molecule has 5 nitrogen and oxygen atoms in total. The van der Waals surface area contributed by atoms with Crippen LogP contribution in [0.4, 0.5) is 0 Å². The Balaban J connectivity index is 1.58. The minimum Gasteiger partial charge on any atom is -0.497 e. The molecule has 0 spiro atoms. The molecule has 0 N–H and O–H groups in total. The average Bonchev–Trinajstić information content (AvgIpc) is 3.12. The summed E-state index contributed by atoms with van der Waals surface area (Å²) in [7, 11) is 5.46. The summed E-state index contributed by atoms with van der Waals surface area (Å²) in [6, 6.07) is 14.9. The van der Waals surface area contributed by atoms with Gasteiger partial charge in [-0.1, -0.05) is 24.3 Å². The van der Waals surface area contributed by atoms with Crippen LogP contribution in [0.15, 0.2) is 46.9 Å². The Kier molecular flexibility index (Phi) is 5.58. The minimum absolute atomic E-state index is 0.412. The van der Waals surface area contributed by atoms with E-state index in [9.17, 15) is 0 Å². The van der Waals surface area contributed by atoms with Crippen molar-refractivity contribution in [3.8, 4) is 23.0 Å². The molecule has 1 unspecified atom stereocenters. The molecule has 1 heterocycles. The van der Waals surface area contributed by atoms with Gasteiger partial charge < -0.3 is 13.9 Å². The van der Waals surface area contributed by atoms with E-state index in [2.05, 4.69) is 36.2 Å². The Labute approximate surface area is 172 Å². The van der Waals surface area contributed by atoms with Gasteiger partial charge in [0.2, 0.25) is 5.89 Å². The first-order chi connectivity index (χ1) is 14.1. The van der Waals surface area contributed by atoms with Crippen LogP contribution in [0.3, 0.4) is 0 Å². The van der Waals surface area contributed by atoms with Crippen molar-refractivity contribution in [2.24, 2.45) is 0 Å². The van der Waals surface area contributed by atoms with Crippen LogP contribution in [-0.4, -0.2) is 31.2 Å². The molecule has 0 amide bonds. The Morgan fingerprint density at radius 2 is 1.97 bits per heavy atom. The highest BCUT2D eigenvalue weighted by atomic mass is 16.5. The predicted molar refractivity (Wildman–Crippen MR) is 113 cm³/mol. The summed E-state index contributed by atoms with van der Waals surface area (Å²) in [5, 5.41) is 0. The van der Waals surface area contributed by atoms with Crippen LogP contribution >= 0.6 is 0 Å². The number of benzene rings is 2. The van der Waals surface area contributed by atoms with E-state index in [4.69, 9.17) is 18.9 Å². The molecule has 3 aromatic rings. The van der Waals surface area contributed by atoms with Crippen molar-refractivity contribution in [1.82, 2.24) is 9.88 Å². The summed E-state index contributed by atoms with van der Waals surface area (Å²) in [5.74, 6) is 2.85. The van der Waals surface area contributed by atoms with Crippen molar-refractivity contribution in [2.75, 3.05) is 21.3 Å². The van der Waals surface area contributed by atoms with E-state index in [0.717, 1.165) is 29.3 Å². The Morgan fingerprint density at radius 1 is 1.14 bits per heavy atom. The fourth-order valence-electron chi connectivity index (χ4n) is 4.20. The van der Waals surface area contributed by atoms with Crippen LogP contribution in [0.25, 0.3) is 11.5 Å². The van der Waals surface area contributed by atoms with Gasteiger partial charge in [0.25, 0.3) is 0 Å². The third-order valence-corrected chi connectivity index (χ3v) is 5.80. The van der Waals surface area contributed by atoms with Gasteiger partial charge in [0.15, 0.2) is 0 Å². The molecule has 4 rings (SSSR count). The molecule has 1 aliphatic carbocycles. The maximum atomic E-state index is 6.02. The summed E-state index contributed by atoms with van der Waals surface area (Å²) in [6.45, 7) is 2.72. The fourth-order valence-corrected chi connectivity index (χ4v) is 4.20. The van der Waals surface area contributed by atoms with Gasteiger partial charge in [0.05, 0.1) is 25.5 Å². The first-order valence-electron chi connectivity index (χ1n) is 10.1. The molecule has 2 aromatic carbocycles. The molecular weight excluding hydrogens is 364 g/mol. The van der Waals surface area contributed by atoms with Crippen LogP contribution in [0.5, 0.6) is 11.5 Å². The first-order valence-corrected chi connectivity index (χ1v) is 10.1. The van der Waals surface area contributed by atoms with Gasteiger partial charge in [-0.3, -0.25) is 4.90 Å². The summed E-state index contributed by atoms with van der Waals surface area (Å²) in [5.41, 5.74) is 4.70. The van der Waals surface area contributed by atoms with Crippen LogP contribution in [0, 0.1) is 6.92 Å². The number of fused-ring (bicyclic) bond motifs is 1. The molecule has 1 aromatic heterocycles. The van der Waals surface area contributed by atoms with E-state index in [1.165, 1.54) is 30.4 Å². The van der Waals surface area contributed by atoms with Crippen molar-refractivity contribution in [3.05, 3.63) is 65.0 Å². The van der Waals surface area contributed by atoms with Crippen LogP contribution in [0.2, 0.25) is 0 Å². The number of nitrogens with zero attached hydrogens (tertiary/aromatic N) is 2. The smallest absolute Gasteiger partial charge is 0.230 e. The summed E-state index contributed by atoms with van der Waals surface area (Å²) in [6.07, 6.45) is 3.56. The third kappa shape index (κ3) is 3.87. The lowest BCUT2D eigenvalue weighted by Crippen LogP contribution is -2.27. The topological polar surface area (TPSA) is 47.7 Å². The van der Waals surface area contributed by atoms with Crippen LogP contribution in [0.1, 0.15) is 41.5 Å². The number of hydrogen-bond acceptors (Lipinski definition) is 5. The monoisotopic (exact) mass is 392 g/mol. The van der Waals surface area contributed by atoms with Crippen molar-refractivity contribution >= 4 is 0 Å². The van der Waals surface area contributed by atoms with E-state index >= 15 is 0 Å². The van der Waals surface area contributed by atoms with Gasteiger partial charge in [-0.15, -0.1) is 0 Å². The van der Waals surface area contributed by atoms with Gasteiger partial charge in [-0.05, 0) is 56.5 Å². The van der Waals surface area contributed by atoms with Crippen LogP contribution < -0.4 is 9.47 Å². The lowest BCUT2D eigenvalue weighted by molar-refractivity contribution is 0.210. The standard InChI is InChI=1S/C24H28N2O3/c1-16-21(15-26(2)22-11-7-9-17-8-5-6-10-19(17)22)25-24(29-16)20-13-12-18(27-3)14-23(20)28-4/h5-6,8,10,12-14,22H,7,9,11,15H2,1-4H3. The summed E-state index contributed by atoms with van der Waals surface area (Å²) >= 11 is 0. The van der Waals surface area contributed by atoms with Crippen molar-refractivity contribution < 1.29 is 13.9 Å². The van der Waals surface area contributed by atoms with Gasteiger partial charge in [0, 0.05) is 18.7 Å². The molecule has 0 aliphatic heterocycles. The molecule has 152 valence electrons. The van der Waals surface area contributed by atoms with Gasteiger partial charge in [-0.2, -0.15) is 0 Å². The molecule has 0 fully saturated rings. The lowest BCUT2D eigenvalue weighted by atomic mass is 9.87. The maximum Gasteiger partial charge on any atom is 0.230 e. The highest BCUT2D eigenvalue weighted by Crippen LogP contribution is 2.36. The zero-order chi connectivity index (χ0) is 20.4. The van der Waals surface area contributed by atoms with Gasteiger partial charge >= 0.3 is 0 Å². The highest BCUT2D eigenvalue weighted by Gasteiger charge is 2.25. The van der Waals surface area contributed by atoms with E-state index in [1.54, 1.807) is 14.2 Å². The van der Waals surface area contributed by atoms with Gasteiger partial charge in [0.1, 0.15) is 17.3 Å². The number of aryl methyl sites for hydroxylation is 2. The SMILES string of the molecule is COc1ccc(-c2nc(CN(C)C3CCCc4ccccc43)c(C)o2)c(OC)c1. The molecule has 0 radical (unpaired) electrons. The maximum absolute atomic E-state index is 6.02. The predicted octanol–water partition coefficient (Wildman–Crippen LogP) is 5.18. The van der Waals surface area contributed by atoms with E-state index in [0.29, 0.717) is 17.7 Å². The van der Waals surface area contributed by atoms with Crippen LogP contribution in [-0.2, 0) is 13.0 Å². The summed E-state index contributed by atoms with van der Waals surface area (Å²) < 4.78 is 16.8. The molecule has 0 saturated heterocycles. The van der Waals surface area contributed by atoms with Crippen molar-refractivity contribution in [1.29, 1.82) is 0 Å². The summed E-state index contributed by atoms with van der Waals surface area (Å²) in [4.78, 5) is 7.19. The normalized spacial score (nSPS) is 16.0. The zero-order valence-electron chi connectivity index (χ0n) is 17.6. The Hall–Kier alpha value is -2.79. The zero-order valence-corrected chi connectivity index (χ0v) is 17.6. The number of rotatable bonds is 6. The molecule has 0 saturated carbocycles. The molecular formula is C24H28N2O3. The van der Waals surface area contributed by atoms with E-state index < -0.39 is 0 Å². The molecule has 5 heteroatoms. The lowest BCUT2D eigenvalue weighted by Gasteiger charge is -2.33. The molecule has 1 atom stereocenters. The molecule has 0 bridgehead atoms. The number of aromatic nitrogens is 1. The van der Waals surface area contributed by atoms with Gasteiger partial charge in [-0.25, -0.2) is 4.98 Å². The number of methoxy groups -OCH3 is 2. The highest BCUT2D eigenvalue weighted by molar-refractivity contribution is 5.65. The Morgan fingerprint density at radius 3 is 2.76 bits per heavy atom. The Bertz CT molecular complexity index is 996. The quantitative estimate of drug-likeness (QED) is 0.579. The number of ether oxygens (including phenoxy) is 2. The molecule has 29 heavy (non-hydrogen) atoms. The largest absolute Gasteiger partial charge is 0.497 e. The first kappa shape index (κ1) is 19.5. The van der Waals surface area contributed by atoms with E-state index in [-0.39, 0.29) is 0 Å². The fraction of sp³-hybridized carbons (Fsp3) is 0.375. The average molecular weight is 392 g/mol. The minimum atomic E-state index is 0.412. The molecule has 1 aliphatic rings. The van der Waals surface area contributed by atoms with E-state index in [1.807, 2.05) is 25.1 Å². The second kappa shape index (κ2) is 8.29. The second-order valence-electron chi connectivity index (χ2n) is 7.61.